The number of nitrogens with zero attached hydrogens (tertiary/aromatic N) is 2. The van der Waals surface area contributed by atoms with Crippen LogP contribution in [0.4, 0.5) is 9.93 Å². The van der Waals surface area contributed by atoms with Gasteiger partial charge < -0.3 is 4.74 Å². The quantitative estimate of drug-likeness (QED) is 0.845. The Morgan fingerprint density at radius 2 is 2.13 bits per heavy atom. The Balaban J connectivity index is 2.65. The molecule has 0 aromatic carbocycles. The lowest BCUT2D eigenvalue weighted by molar-refractivity contribution is 0.168. The maximum absolute atomic E-state index is 11.1. The fourth-order valence-electron chi connectivity index (χ4n) is 0.831. The molecule has 0 bridgehead atoms. The first-order valence-corrected chi connectivity index (χ1v) is 5.53. The minimum atomic E-state index is -0.492. The molecule has 0 fully saturated rings. The van der Waals surface area contributed by atoms with Gasteiger partial charge in [-0.15, -0.1) is 10.2 Å². The van der Waals surface area contributed by atoms with Gasteiger partial charge in [0.15, 0.2) is 0 Å². The average molecular weight is 229 g/mol. The van der Waals surface area contributed by atoms with Crippen LogP contribution in [0.1, 0.15) is 32.7 Å². The van der Waals surface area contributed by atoms with Crippen LogP contribution < -0.4 is 5.32 Å². The van der Waals surface area contributed by atoms with Gasteiger partial charge in [0.25, 0.3) is 0 Å². The van der Waals surface area contributed by atoms with Crippen LogP contribution in [-0.4, -0.2) is 22.9 Å². The molecular weight excluding hydrogens is 214 g/mol. The molecule has 5 nitrogen and oxygen atoms in total. The fraction of sp³-hybridized carbons (Fsp3) is 0.667. The zero-order valence-corrected chi connectivity index (χ0v) is 10.1. The van der Waals surface area contributed by atoms with Crippen LogP contribution in [0, 0.1) is 0 Å². The summed E-state index contributed by atoms with van der Waals surface area (Å²) in [5, 5.41) is 11.7. The van der Waals surface area contributed by atoms with Crippen LogP contribution in [-0.2, 0) is 10.2 Å². The number of aromatic nitrogens is 2. The molecular formula is C9H15N3O2S. The van der Waals surface area contributed by atoms with Gasteiger partial charge >= 0.3 is 6.09 Å². The van der Waals surface area contributed by atoms with Crippen molar-refractivity contribution in [3.05, 3.63) is 5.01 Å². The normalized spacial score (nSPS) is 11.2. The molecule has 1 amide bonds. The molecule has 15 heavy (non-hydrogen) atoms. The summed E-state index contributed by atoms with van der Waals surface area (Å²) in [5.74, 6) is 0. The summed E-state index contributed by atoms with van der Waals surface area (Å²) in [6.45, 7) is 8.22. The highest BCUT2D eigenvalue weighted by Gasteiger charge is 2.19. The lowest BCUT2D eigenvalue weighted by Crippen LogP contribution is -2.12. The van der Waals surface area contributed by atoms with Crippen LogP contribution in [0.3, 0.4) is 0 Å². The van der Waals surface area contributed by atoms with Crippen molar-refractivity contribution >= 4 is 22.6 Å². The minimum Gasteiger partial charge on any atom is -0.450 e. The first-order valence-electron chi connectivity index (χ1n) is 4.71. The van der Waals surface area contributed by atoms with Crippen molar-refractivity contribution in [2.45, 2.75) is 33.1 Å². The largest absolute Gasteiger partial charge is 0.450 e. The third-order valence-electron chi connectivity index (χ3n) is 1.55. The first-order chi connectivity index (χ1) is 6.93. The van der Waals surface area contributed by atoms with Crippen molar-refractivity contribution in [3.63, 3.8) is 0 Å². The number of rotatable bonds is 2. The number of ether oxygens (including phenoxy) is 1. The molecule has 0 aliphatic rings. The van der Waals surface area contributed by atoms with Gasteiger partial charge in [0, 0.05) is 5.41 Å². The van der Waals surface area contributed by atoms with E-state index in [0.717, 1.165) is 5.01 Å². The number of hydrogen-bond acceptors (Lipinski definition) is 5. The summed E-state index contributed by atoms with van der Waals surface area (Å²) in [4.78, 5) is 11.1. The summed E-state index contributed by atoms with van der Waals surface area (Å²) in [6, 6.07) is 0. The Labute approximate surface area is 92.9 Å². The van der Waals surface area contributed by atoms with Crippen molar-refractivity contribution < 1.29 is 9.53 Å². The zero-order valence-electron chi connectivity index (χ0n) is 9.33. The van der Waals surface area contributed by atoms with E-state index in [1.165, 1.54) is 11.3 Å². The van der Waals surface area contributed by atoms with Gasteiger partial charge in [0.05, 0.1) is 6.61 Å². The van der Waals surface area contributed by atoms with Crippen LogP contribution in [0.15, 0.2) is 0 Å². The number of carbonyl (C=O) groups excluding carboxylic acids is 1. The Morgan fingerprint density at radius 3 is 2.60 bits per heavy atom. The molecule has 0 aliphatic heterocycles. The Kier molecular flexibility index (Phi) is 3.62. The number of anilines is 1. The third-order valence-corrected chi connectivity index (χ3v) is 2.82. The van der Waals surface area contributed by atoms with Crippen molar-refractivity contribution in [2.75, 3.05) is 11.9 Å². The molecule has 1 aromatic rings. The minimum absolute atomic E-state index is 0.0493. The summed E-state index contributed by atoms with van der Waals surface area (Å²) in [6.07, 6.45) is -0.492. The second kappa shape index (κ2) is 4.57. The molecule has 0 saturated heterocycles. The van der Waals surface area contributed by atoms with Crippen LogP contribution in [0.5, 0.6) is 0 Å². The van der Waals surface area contributed by atoms with E-state index in [4.69, 9.17) is 4.74 Å². The van der Waals surface area contributed by atoms with E-state index in [9.17, 15) is 4.79 Å². The fourth-order valence-corrected chi connectivity index (χ4v) is 1.62. The van der Waals surface area contributed by atoms with Crippen molar-refractivity contribution in [1.82, 2.24) is 10.2 Å². The lowest BCUT2D eigenvalue weighted by Gasteiger charge is -2.12. The molecule has 0 spiro atoms. The van der Waals surface area contributed by atoms with E-state index in [2.05, 4.69) is 15.5 Å². The van der Waals surface area contributed by atoms with Gasteiger partial charge in [-0.2, -0.15) is 0 Å². The maximum atomic E-state index is 11.1. The predicted octanol–water partition coefficient (Wildman–Crippen LogP) is 2.40. The van der Waals surface area contributed by atoms with Crippen LogP contribution in [0.25, 0.3) is 0 Å². The van der Waals surface area contributed by atoms with Crippen molar-refractivity contribution in [2.24, 2.45) is 0 Å². The third kappa shape index (κ3) is 3.47. The van der Waals surface area contributed by atoms with E-state index >= 15 is 0 Å². The highest BCUT2D eigenvalue weighted by Crippen LogP contribution is 2.27. The van der Waals surface area contributed by atoms with Crippen LogP contribution in [0.2, 0.25) is 0 Å². The molecule has 1 aromatic heterocycles. The van der Waals surface area contributed by atoms with E-state index in [-0.39, 0.29) is 5.41 Å². The van der Waals surface area contributed by atoms with E-state index in [1.54, 1.807) is 6.92 Å². The second-order valence-corrected chi connectivity index (χ2v) is 4.99. The van der Waals surface area contributed by atoms with Gasteiger partial charge in [0.2, 0.25) is 5.13 Å². The number of hydrogen-bond donors (Lipinski definition) is 1. The number of amides is 1. The number of carbonyl (C=O) groups is 1. The lowest BCUT2D eigenvalue weighted by atomic mass is 9.98. The van der Waals surface area contributed by atoms with Crippen molar-refractivity contribution in [3.8, 4) is 0 Å². The summed E-state index contributed by atoms with van der Waals surface area (Å²) in [5.41, 5.74) is -0.0493. The van der Waals surface area contributed by atoms with Crippen LogP contribution >= 0.6 is 11.3 Å². The summed E-state index contributed by atoms with van der Waals surface area (Å²) < 4.78 is 4.73. The average Bonchev–Trinajstić information content (AvgIpc) is 2.52. The SMILES string of the molecule is CCOC(=O)Nc1nnc(C(C)(C)C)s1. The smallest absolute Gasteiger partial charge is 0.413 e. The van der Waals surface area contributed by atoms with Gasteiger partial charge in [-0.05, 0) is 6.92 Å². The molecule has 1 N–H and O–H groups in total. The molecule has 0 saturated carbocycles. The van der Waals surface area contributed by atoms with E-state index < -0.39 is 6.09 Å². The topological polar surface area (TPSA) is 64.1 Å². The highest BCUT2D eigenvalue weighted by atomic mass is 32.1. The predicted molar refractivity (Wildman–Crippen MR) is 59.3 cm³/mol. The Bertz CT molecular complexity index is 343. The van der Waals surface area contributed by atoms with Gasteiger partial charge in [0.1, 0.15) is 5.01 Å². The monoisotopic (exact) mass is 229 g/mol. The molecule has 1 rings (SSSR count). The Hall–Kier alpha value is -1.17. The maximum Gasteiger partial charge on any atom is 0.413 e. The summed E-state index contributed by atoms with van der Waals surface area (Å²) >= 11 is 1.36. The molecule has 6 heteroatoms. The van der Waals surface area contributed by atoms with Gasteiger partial charge in [-0.25, -0.2) is 4.79 Å². The molecule has 1 heterocycles. The molecule has 0 unspecified atom stereocenters. The summed E-state index contributed by atoms with van der Waals surface area (Å²) in [7, 11) is 0. The molecule has 84 valence electrons. The zero-order chi connectivity index (χ0) is 11.5. The van der Waals surface area contributed by atoms with E-state index in [0.29, 0.717) is 11.7 Å². The molecule has 0 radical (unpaired) electrons. The second-order valence-electron chi connectivity index (χ2n) is 4.01. The highest BCUT2D eigenvalue weighted by molar-refractivity contribution is 7.15. The molecule has 0 aliphatic carbocycles. The van der Waals surface area contributed by atoms with Crippen molar-refractivity contribution in [1.29, 1.82) is 0 Å². The van der Waals surface area contributed by atoms with E-state index in [1.807, 2.05) is 20.8 Å². The standard InChI is InChI=1S/C9H15N3O2S/c1-5-14-8(13)10-7-12-11-6(15-7)9(2,3)4/h5H2,1-4H3,(H,10,12,13). The number of nitrogens with one attached hydrogen (secondary N) is 1. The van der Waals surface area contributed by atoms with Gasteiger partial charge in [-0.1, -0.05) is 32.1 Å². The van der Waals surface area contributed by atoms with Gasteiger partial charge in [-0.3, -0.25) is 5.32 Å². The molecule has 0 atom stereocenters. The first kappa shape index (κ1) is 11.9. The Morgan fingerprint density at radius 1 is 1.47 bits per heavy atom.